The van der Waals surface area contributed by atoms with Gasteiger partial charge in [-0.3, -0.25) is 0 Å². The average molecular weight is 867 g/mol. The number of para-hydroxylation sites is 2. The molecule has 2 aromatic heterocycles. The monoisotopic (exact) mass is 866 g/mol. The fourth-order valence-corrected chi connectivity index (χ4v) is 6.33. The number of hydrogen-bond acceptors (Lipinski definition) is 18. The van der Waals surface area contributed by atoms with Gasteiger partial charge in [-0.15, -0.1) is 0 Å². The van der Waals surface area contributed by atoms with E-state index in [4.69, 9.17) is 8.37 Å². The first kappa shape index (κ1) is 46.5. The van der Waals surface area contributed by atoms with Crippen LogP contribution < -0.4 is 93.6 Å². The Hall–Kier alpha value is -4.58. The summed E-state index contributed by atoms with van der Waals surface area (Å²) in [5, 5.41) is 12.6. The van der Waals surface area contributed by atoms with Gasteiger partial charge in [-0.05, 0) is 62.5 Å². The smallest absolute Gasteiger partial charge is 0.740 e. The second kappa shape index (κ2) is 22.3. The molecule has 1 aliphatic heterocycles. The Labute approximate surface area is 395 Å². The van der Waals surface area contributed by atoms with Crippen LogP contribution in [0.25, 0.3) is 12.2 Å². The minimum absolute atomic E-state index is 0. The standard InChI is InChI=1S/C38H38N12O6S2.2Na/c1-25-39-34(41-28-9-5-3-6-10-28)45-35(40-25)43-30-17-15-26(32(23-30)55-57(51)52)13-14-27-16-18-31(24-33(27)56-58(53)54)44-37-46-36(42-29-11-7-4-8-12-29)47-38(48-37)50-21-19-49(2)20-22-50;;/h3-18,23-24H,19-22H2,1-2H3,(H,51,52)(H,53,54)(H2,39,40,41,43,45)(H2,42,44,46,47,48);;/q;2*+1/p-2/b14-13+;;. The van der Waals surface area contributed by atoms with E-state index in [1.807, 2.05) is 60.7 Å². The Bertz CT molecular complexity index is 2450. The molecule has 60 heavy (non-hydrogen) atoms. The maximum atomic E-state index is 11.8. The number of aromatic nitrogens is 6. The number of benzene rings is 4. The third-order valence-electron chi connectivity index (χ3n) is 8.51. The van der Waals surface area contributed by atoms with Crippen LogP contribution in [0.2, 0.25) is 0 Å². The molecule has 0 bridgehead atoms. The van der Waals surface area contributed by atoms with Crippen molar-refractivity contribution in [3.8, 4) is 11.5 Å². The summed E-state index contributed by atoms with van der Waals surface area (Å²) < 4.78 is 57.3. The fourth-order valence-electron chi connectivity index (χ4n) is 5.75. The third-order valence-corrected chi connectivity index (χ3v) is 9.15. The van der Waals surface area contributed by atoms with Crippen molar-refractivity contribution in [3.63, 3.8) is 0 Å². The topological polar surface area (TPSA) is 231 Å². The van der Waals surface area contributed by atoms with E-state index < -0.39 is 22.7 Å². The van der Waals surface area contributed by atoms with Gasteiger partial charge in [0, 0.05) is 72.2 Å². The van der Waals surface area contributed by atoms with Gasteiger partial charge in [0.15, 0.2) is 0 Å². The molecular formula is C38H36N12Na2O6S2. The molecule has 2 atom stereocenters. The second-order valence-corrected chi connectivity index (χ2v) is 13.9. The van der Waals surface area contributed by atoms with Gasteiger partial charge in [0.25, 0.3) is 0 Å². The van der Waals surface area contributed by atoms with E-state index in [9.17, 15) is 17.5 Å². The van der Waals surface area contributed by atoms with Gasteiger partial charge in [0.05, 0.1) is 0 Å². The van der Waals surface area contributed by atoms with Crippen LogP contribution in [0.15, 0.2) is 97.1 Å². The summed E-state index contributed by atoms with van der Waals surface area (Å²) in [7, 11) is 2.06. The molecule has 6 aromatic rings. The molecule has 7 rings (SSSR count). The van der Waals surface area contributed by atoms with Crippen molar-refractivity contribution in [2.75, 3.05) is 59.4 Å². The molecule has 22 heteroatoms. The minimum atomic E-state index is -2.92. The number of likely N-dealkylation sites (N-methyl/N-ethyl adjacent to an activating group) is 1. The molecular weight excluding hydrogens is 831 g/mol. The van der Waals surface area contributed by atoms with Crippen LogP contribution in [-0.4, -0.2) is 85.6 Å². The van der Waals surface area contributed by atoms with Crippen LogP contribution >= 0.6 is 0 Å². The summed E-state index contributed by atoms with van der Waals surface area (Å²) in [6.07, 6.45) is 3.11. The maximum absolute atomic E-state index is 11.8. The van der Waals surface area contributed by atoms with Crippen LogP contribution in [0.5, 0.6) is 11.5 Å². The van der Waals surface area contributed by atoms with E-state index in [-0.39, 0.29) is 82.5 Å². The number of hydrogen-bond donors (Lipinski definition) is 4. The Kier molecular flexibility index (Phi) is 17.3. The molecule has 4 aromatic carbocycles. The molecule has 0 aliphatic carbocycles. The average Bonchev–Trinajstić information content (AvgIpc) is 3.18. The first-order chi connectivity index (χ1) is 28.1. The van der Waals surface area contributed by atoms with Gasteiger partial charge in [0.2, 0.25) is 29.7 Å². The van der Waals surface area contributed by atoms with E-state index >= 15 is 0 Å². The number of piperazine rings is 1. The number of aryl methyl sites for hydroxylation is 1. The van der Waals surface area contributed by atoms with Crippen molar-refractivity contribution in [1.29, 1.82) is 0 Å². The molecule has 2 unspecified atom stereocenters. The maximum Gasteiger partial charge on any atom is 1.00 e. The Balaban J connectivity index is 0.00000341. The Morgan fingerprint density at radius 3 is 1.38 bits per heavy atom. The number of rotatable bonds is 15. The summed E-state index contributed by atoms with van der Waals surface area (Å²) >= 11 is -5.84. The van der Waals surface area contributed by atoms with E-state index in [2.05, 4.69) is 68.0 Å². The first-order valence-electron chi connectivity index (χ1n) is 17.7. The van der Waals surface area contributed by atoms with Crippen LogP contribution in [-0.2, 0) is 22.7 Å². The molecule has 1 fully saturated rings. The quantitative estimate of drug-likeness (QED) is 0.0586. The zero-order valence-corrected chi connectivity index (χ0v) is 38.7. The predicted molar refractivity (Wildman–Crippen MR) is 221 cm³/mol. The molecule has 0 amide bonds. The zero-order valence-electron chi connectivity index (χ0n) is 33.1. The third kappa shape index (κ3) is 13.5. The Morgan fingerprint density at radius 2 is 0.967 bits per heavy atom. The summed E-state index contributed by atoms with van der Waals surface area (Å²) in [4.78, 5) is 31.3. The van der Waals surface area contributed by atoms with Crippen molar-refractivity contribution < 1.29 is 85.0 Å². The number of nitrogens with one attached hydrogen (secondary N) is 4. The molecule has 0 radical (unpaired) electrons. The normalized spacial score (nSPS) is 13.6. The van der Waals surface area contributed by atoms with Gasteiger partial charge in [0.1, 0.15) is 40.0 Å². The summed E-state index contributed by atoms with van der Waals surface area (Å²) in [5.41, 5.74) is 3.13. The zero-order chi connectivity index (χ0) is 40.4. The molecule has 1 aliphatic rings. The Morgan fingerprint density at radius 1 is 0.567 bits per heavy atom. The first-order valence-corrected chi connectivity index (χ1v) is 19.7. The molecule has 1 saturated heterocycles. The summed E-state index contributed by atoms with van der Waals surface area (Å²) in [6.45, 7) is 4.85. The van der Waals surface area contributed by atoms with Crippen molar-refractivity contribution >= 4 is 87.4 Å². The predicted octanol–water partition coefficient (Wildman–Crippen LogP) is -0.385. The van der Waals surface area contributed by atoms with Crippen molar-refractivity contribution in [1.82, 2.24) is 34.8 Å². The van der Waals surface area contributed by atoms with Crippen molar-refractivity contribution in [2.24, 2.45) is 0 Å². The van der Waals surface area contributed by atoms with Crippen molar-refractivity contribution in [3.05, 3.63) is 114 Å². The van der Waals surface area contributed by atoms with Crippen LogP contribution in [0, 0.1) is 6.92 Å². The van der Waals surface area contributed by atoms with E-state index in [0.717, 1.165) is 37.6 Å². The molecule has 3 heterocycles. The van der Waals surface area contributed by atoms with E-state index in [1.165, 1.54) is 12.1 Å². The van der Waals surface area contributed by atoms with Gasteiger partial charge < -0.3 is 48.5 Å². The van der Waals surface area contributed by atoms with Gasteiger partial charge in [-0.2, -0.15) is 29.9 Å². The molecule has 298 valence electrons. The van der Waals surface area contributed by atoms with Gasteiger partial charge in [-0.1, -0.05) is 48.6 Å². The molecule has 0 spiro atoms. The van der Waals surface area contributed by atoms with Crippen LogP contribution in [0.4, 0.5) is 52.5 Å². The number of nitrogens with zero attached hydrogens (tertiary/aromatic N) is 8. The van der Waals surface area contributed by atoms with Crippen molar-refractivity contribution in [2.45, 2.75) is 6.92 Å². The number of anilines is 9. The molecule has 18 nitrogen and oxygen atoms in total. The summed E-state index contributed by atoms with van der Waals surface area (Å²) in [5.74, 6) is 1.93. The van der Waals surface area contributed by atoms with Gasteiger partial charge in [-0.25, -0.2) is 8.42 Å². The van der Waals surface area contributed by atoms with Crippen LogP contribution in [0.1, 0.15) is 17.0 Å². The van der Waals surface area contributed by atoms with Gasteiger partial charge >= 0.3 is 59.1 Å². The SMILES string of the molecule is Cc1nc(Nc2ccccc2)nc(Nc2ccc(/C=C/c3ccc(Nc4nc(Nc5ccccc5)nc(N5CCN(C)CC5)n4)cc3OS(=O)[O-])c(OS(=O)[O-])c2)n1.[Na+].[Na+]. The van der Waals surface area contributed by atoms with E-state index in [0.29, 0.717) is 46.2 Å². The largest absolute Gasteiger partial charge is 1.00 e. The fraction of sp³-hybridized carbons (Fsp3) is 0.158. The molecule has 0 saturated carbocycles. The van der Waals surface area contributed by atoms with Crippen LogP contribution in [0.3, 0.4) is 0 Å². The summed E-state index contributed by atoms with van der Waals surface area (Å²) in [6, 6.07) is 28.4. The van der Waals surface area contributed by atoms with E-state index in [1.54, 1.807) is 43.3 Å². The molecule has 4 N–H and O–H groups in total. The minimum Gasteiger partial charge on any atom is -0.740 e. The second-order valence-electron chi connectivity index (χ2n) is 12.7.